The van der Waals surface area contributed by atoms with Gasteiger partial charge < -0.3 is 15.3 Å². The van der Waals surface area contributed by atoms with Crippen LogP contribution in [0.4, 0.5) is 4.39 Å². The van der Waals surface area contributed by atoms with Crippen molar-refractivity contribution in [3.05, 3.63) is 35.1 Å². The topological polar surface area (TPSA) is 52.6 Å². The fraction of sp³-hybridized carbons (Fsp3) is 0.438. The van der Waals surface area contributed by atoms with E-state index in [1.165, 1.54) is 6.07 Å². The average Bonchev–Trinajstić information content (AvgIpc) is 2.46. The third-order valence-electron chi connectivity index (χ3n) is 3.06. The Hall–Kier alpha value is -1.90. The summed E-state index contributed by atoms with van der Waals surface area (Å²) in [4.78, 5) is 13.5. The number of carbonyl (C=O) groups is 1. The lowest BCUT2D eigenvalue weighted by atomic mass is 10.1. The molecule has 0 saturated heterocycles. The first-order valence-electron chi connectivity index (χ1n) is 6.76. The van der Waals surface area contributed by atoms with Crippen molar-refractivity contribution < 1.29 is 14.3 Å². The third kappa shape index (κ3) is 5.54. The summed E-state index contributed by atoms with van der Waals surface area (Å²) in [7, 11) is 3.52. The second kappa shape index (κ2) is 8.40. The van der Waals surface area contributed by atoms with Crippen molar-refractivity contribution in [3.63, 3.8) is 0 Å². The molecule has 1 aromatic carbocycles. The number of nitrogens with zero attached hydrogens (tertiary/aromatic N) is 1. The molecule has 0 bridgehead atoms. The molecule has 4 nitrogen and oxygen atoms in total. The van der Waals surface area contributed by atoms with E-state index in [9.17, 15) is 9.18 Å². The molecule has 0 aliphatic carbocycles. The fourth-order valence-electron chi connectivity index (χ4n) is 2.07. The summed E-state index contributed by atoms with van der Waals surface area (Å²) in [5, 5.41) is 11.3. The third-order valence-corrected chi connectivity index (χ3v) is 3.06. The number of aliphatic hydroxyl groups is 1. The summed E-state index contributed by atoms with van der Waals surface area (Å²) in [6, 6.07) is 4.73. The van der Waals surface area contributed by atoms with Gasteiger partial charge in [0, 0.05) is 26.1 Å². The van der Waals surface area contributed by atoms with Crippen molar-refractivity contribution in [3.8, 4) is 11.8 Å². The number of rotatable bonds is 5. The smallest absolute Gasteiger partial charge is 0.223 e. The molecule has 0 fully saturated rings. The molecule has 1 atom stereocenters. The van der Waals surface area contributed by atoms with Gasteiger partial charge in [-0.15, -0.1) is 0 Å². The standard InChI is InChI=1S/C16H21FN2O2/c1-12(16(21)18-2)10-19(3)11-13-6-7-15(17)14(9-13)5-4-8-20/h6-7,9,12,20H,8,10-11H2,1-3H3,(H,18,21). The zero-order valence-corrected chi connectivity index (χ0v) is 12.6. The van der Waals surface area contributed by atoms with Crippen LogP contribution in [0.5, 0.6) is 0 Å². The van der Waals surface area contributed by atoms with Gasteiger partial charge in [0.05, 0.1) is 5.56 Å². The van der Waals surface area contributed by atoms with E-state index in [1.54, 1.807) is 19.2 Å². The highest BCUT2D eigenvalue weighted by Crippen LogP contribution is 2.12. The zero-order chi connectivity index (χ0) is 15.8. The molecular weight excluding hydrogens is 271 g/mol. The van der Waals surface area contributed by atoms with E-state index in [1.807, 2.05) is 18.9 Å². The maximum Gasteiger partial charge on any atom is 0.223 e. The van der Waals surface area contributed by atoms with Crippen LogP contribution >= 0.6 is 0 Å². The number of aliphatic hydroxyl groups excluding tert-OH is 1. The average molecular weight is 292 g/mol. The molecule has 0 aromatic heterocycles. The molecule has 1 aromatic rings. The Morgan fingerprint density at radius 3 is 2.86 bits per heavy atom. The van der Waals surface area contributed by atoms with Crippen molar-refractivity contribution in [2.24, 2.45) is 5.92 Å². The minimum Gasteiger partial charge on any atom is -0.384 e. The Bertz CT molecular complexity index is 549. The predicted octanol–water partition coefficient (Wildman–Crippen LogP) is 0.983. The van der Waals surface area contributed by atoms with Crippen LogP contribution in [-0.4, -0.2) is 43.2 Å². The number of nitrogens with one attached hydrogen (secondary N) is 1. The Balaban J connectivity index is 2.72. The molecule has 0 heterocycles. The molecule has 0 spiro atoms. The van der Waals surface area contributed by atoms with Crippen LogP contribution in [0.1, 0.15) is 18.1 Å². The molecule has 114 valence electrons. The molecule has 21 heavy (non-hydrogen) atoms. The maximum atomic E-state index is 13.5. The number of hydrogen-bond acceptors (Lipinski definition) is 3. The molecule has 2 N–H and O–H groups in total. The monoisotopic (exact) mass is 292 g/mol. The summed E-state index contributed by atoms with van der Waals surface area (Å²) in [5.74, 6) is 4.50. The molecule has 0 radical (unpaired) electrons. The van der Waals surface area contributed by atoms with Gasteiger partial charge in [-0.25, -0.2) is 4.39 Å². The molecule has 1 rings (SSSR count). The highest BCUT2D eigenvalue weighted by atomic mass is 19.1. The molecule has 1 unspecified atom stereocenters. The molecule has 0 aliphatic rings. The Labute approximate surface area is 125 Å². The Morgan fingerprint density at radius 2 is 2.24 bits per heavy atom. The van der Waals surface area contributed by atoms with Crippen LogP contribution in [0, 0.1) is 23.6 Å². The number of amides is 1. The van der Waals surface area contributed by atoms with Crippen LogP contribution in [0.15, 0.2) is 18.2 Å². The molecule has 0 aliphatic heterocycles. The predicted molar refractivity (Wildman–Crippen MR) is 79.9 cm³/mol. The van der Waals surface area contributed by atoms with Gasteiger partial charge in [-0.1, -0.05) is 24.8 Å². The van der Waals surface area contributed by atoms with Gasteiger partial charge in [0.25, 0.3) is 0 Å². The van der Waals surface area contributed by atoms with E-state index in [4.69, 9.17) is 5.11 Å². The quantitative estimate of drug-likeness (QED) is 0.796. The SMILES string of the molecule is CNC(=O)C(C)CN(C)Cc1ccc(F)c(C#CCO)c1. The van der Waals surface area contributed by atoms with E-state index < -0.39 is 5.82 Å². The highest BCUT2D eigenvalue weighted by molar-refractivity contribution is 5.78. The largest absolute Gasteiger partial charge is 0.384 e. The van der Waals surface area contributed by atoms with Crippen molar-refractivity contribution in [2.45, 2.75) is 13.5 Å². The maximum absolute atomic E-state index is 13.5. The summed E-state index contributed by atoms with van der Waals surface area (Å²) >= 11 is 0. The van der Waals surface area contributed by atoms with Gasteiger partial charge in [0.2, 0.25) is 5.91 Å². The van der Waals surface area contributed by atoms with E-state index >= 15 is 0 Å². The number of halogens is 1. The van der Waals surface area contributed by atoms with Crippen LogP contribution < -0.4 is 5.32 Å². The summed E-state index contributed by atoms with van der Waals surface area (Å²) in [6.07, 6.45) is 0. The van der Waals surface area contributed by atoms with E-state index in [2.05, 4.69) is 17.2 Å². The van der Waals surface area contributed by atoms with Gasteiger partial charge in [0.1, 0.15) is 12.4 Å². The lowest BCUT2D eigenvalue weighted by Crippen LogP contribution is -2.34. The summed E-state index contributed by atoms with van der Waals surface area (Å²) < 4.78 is 13.5. The second-order valence-corrected chi connectivity index (χ2v) is 4.99. The Kier molecular flexibility index (Phi) is 6.86. The fourth-order valence-corrected chi connectivity index (χ4v) is 2.07. The lowest BCUT2D eigenvalue weighted by Gasteiger charge is -2.20. The van der Waals surface area contributed by atoms with Crippen LogP contribution in [0.2, 0.25) is 0 Å². The van der Waals surface area contributed by atoms with Gasteiger partial charge in [0.15, 0.2) is 0 Å². The zero-order valence-electron chi connectivity index (χ0n) is 12.6. The lowest BCUT2D eigenvalue weighted by molar-refractivity contribution is -0.124. The molecule has 0 saturated carbocycles. The van der Waals surface area contributed by atoms with Gasteiger partial charge in [-0.3, -0.25) is 4.79 Å². The minimum absolute atomic E-state index is 0.00421. The van der Waals surface area contributed by atoms with E-state index in [0.29, 0.717) is 13.1 Å². The molecule has 5 heteroatoms. The van der Waals surface area contributed by atoms with E-state index in [-0.39, 0.29) is 24.0 Å². The van der Waals surface area contributed by atoms with Gasteiger partial charge >= 0.3 is 0 Å². The normalized spacial score (nSPS) is 11.7. The van der Waals surface area contributed by atoms with Crippen LogP contribution in [0.25, 0.3) is 0 Å². The van der Waals surface area contributed by atoms with Crippen LogP contribution in [0.3, 0.4) is 0 Å². The van der Waals surface area contributed by atoms with Gasteiger partial charge in [-0.05, 0) is 24.7 Å². The molecule has 1 amide bonds. The van der Waals surface area contributed by atoms with Gasteiger partial charge in [-0.2, -0.15) is 0 Å². The minimum atomic E-state index is -0.402. The number of hydrogen-bond donors (Lipinski definition) is 2. The van der Waals surface area contributed by atoms with Crippen molar-refractivity contribution in [1.29, 1.82) is 0 Å². The molecular formula is C16H21FN2O2. The van der Waals surface area contributed by atoms with E-state index in [0.717, 1.165) is 5.56 Å². The van der Waals surface area contributed by atoms with Crippen molar-refractivity contribution in [2.75, 3.05) is 27.2 Å². The van der Waals surface area contributed by atoms with Crippen LogP contribution in [-0.2, 0) is 11.3 Å². The first-order valence-corrected chi connectivity index (χ1v) is 6.76. The highest BCUT2D eigenvalue weighted by Gasteiger charge is 2.14. The number of carbonyl (C=O) groups excluding carboxylic acids is 1. The van der Waals surface area contributed by atoms with Crippen molar-refractivity contribution >= 4 is 5.91 Å². The second-order valence-electron chi connectivity index (χ2n) is 4.99. The first-order chi connectivity index (χ1) is 9.97. The van der Waals surface area contributed by atoms with Crippen molar-refractivity contribution in [1.82, 2.24) is 10.2 Å². The first kappa shape index (κ1) is 17.2. The Morgan fingerprint density at radius 1 is 1.52 bits per heavy atom. The summed E-state index contributed by atoms with van der Waals surface area (Å²) in [6.45, 7) is 2.76. The number of benzene rings is 1. The summed E-state index contributed by atoms with van der Waals surface area (Å²) in [5.41, 5.74) is 1.18.